The van der Waals surface area contributed by atoms with Crippen LogP contribution in [0.25, 0.3) is 16.6 Å². The van der Waals surface area contributed by atoms with Gasteiger partial charge in [0.15, 0.2) is 5.82 Å². The fraction of sp³-hybridized carbons (Fsp3) is 0. The number of hydrogen-bond acceptors (Lipinski definition) is 5. The number of phenolic OH excluding ortho intramolecular Hbond substituents is 1. The maximum atomic E-state index is 12.7. The van der Waals surface area contributed by atoms with Crippen LogP contribution >= 0.6 is 0 Å². The molecule has 0 atom stereocenters. The Morgan fingerprint density at radius 3 is 2.67 bits per heavy atom. The van der Waals surface area contributed by atoms with Crippen LogP contribution in [0.1, 0.15) is 10.4 Å². The van der Waals surface area contributed by atoms with Gasteiger partial charge >= 0.3 is 5.69 Å². The fourth-order valence-electron chi connectivity index (χ4n) is 2.72. The van der Waals surface area contributed by atoms with Crippen LogP contribution in [0, 0.1) is 0 Å². The molecule has 0 unspecified atom stereocenters. The van der Waals surface area contributed by atoms with Gasteiger partial charge in [-0.1, -0.05) is 18.2 Å². The van der Waals surface area contributed by atoms with Crippen LogP contribution in [0.2, 0.25) is 0 Å². The SMILES string of the molecule is O=C(Nc1n[nH]c2cc(O)ccc12)c1c[nH]c(=O)n(-c2ccccc2)c1=O. The minimum Gasteiger partial charge on any atom is -0.508 e. The predicted molar refractivity (Wildman–Crippen MR) is 98.4 cm³/mol. The van der Waals surface area contributed by atoms with Crippen molar-refractivity contribution in [3.63, 3.8) is 0 Å². The molecule has 4 rings (SSSR count). The molecule has 0 saturated carbocycles. The lowest BCUT2D eigenvalue weighted by Gasteiger charge is -2.07. The van der Waals surface area contributed by atoms with Crippen molar-refractivity contribution in [3.05, 3.63) is 81.1 Å². The monoisotopic (exact) mass is 363 g/mol. The Morgan fingerprint density at radius 1 is 1.11 bits per heavy atom. The Morgan fingerprint density at radius 2 is 1.89 bits per heavy atom. The second-order valence-corrected chi connectivity index (χ2v) is 5.74. The van der Waals surface area contributed by atoms with E-state index in [-0.39, 0.29) is 17.1 Å². The van der Waals surface area contributed by atoms with Crippen molar-refractivity contribution in [3.8, 4) is 11.4 Å². The zero-order chi connectivity index (χ0) is 19.0. The Kier molecular flexibility index (Phi) is 3.81. The first-order valence-corrected chi connectivity index (χ1v) is 7.93. The first-order valence-electron chi connectivity index (χ1n) is 7.93. The number of aromatic hydroxyl groups is 1. The molecule has 2 heterocycles. The van der Waals surface area contributed by atoms with E-state index in [1.807, 2.05) is 0 Å². The van der Waals surface area contributed by atoms with Gasteiger partial charge in [-0.2, -0.15) is 5.10 Å². The lowest BCUT2D eigenvalue weighted by atomic mass is 10.2. The topological polar surface area (TPSA) is 133 Å². The average Bonchev–Trinajstić information content (AvgIpc) is 3.04. The number of nitrogens with zero attached hydrogens (tertiary/aromatic N) is 2. The summed E-state index contributed by atoms with van der Waals surface area (Å²) in [6, 6.07) is 12.8. The molecule has 0 spiro atoms. The van der Waals surface area contributed by atoms with Gasteiger partial charge < -0.3 is 15.4 Å². The summed E-state index contributed by atoms with van der Waals surface area (Å²) in [4.78, 5) is 39.7. The van der Waals surface area contributed by atoms with Crippen LogP contribution in [-0.4, -0.2) is 30.8 Å². The normalized spacial score (nSPS) is 10.8. The molecule has 0 aliphatic rings. The van der Waals surface area contributed by atoms with E-state index in [2.05, 4.69) is 20.5 Å². The Bertz CT molecular complexity index is 1270. The number of H-pyrrole nitrogens is 2. The highest BCUT2D eigenvalue weighted by molar-refractivity contribution is 6.07. The number of carbonyl (C=O) groups excluding carboxylic acids is 1. The summed E-state index contributed by atoms with van der Waals surface area (Å²) in [6.07, 6.45) is 1.07. The molecule has 0 saturated heterocycles. The fourth-order valence-corrected chi connectivity index (χ4v) is 2.72. The first kappa shape index (κ1) is 16.3. The molecule has 0 fully saturated rings. The number of rotatable bonds is 3. The van der Waals surface area contributed by atoms with E-state index in [0.29, 0.717) is 16.6 Å². The maximum absolute atomic E-state index is 12.7. The molecule has 2 aromatic carbocycles. The molecular formula is C18H13N5O4. The molecule has 2 aromatic heterocycles. The Labute approximate surface area is 150 Å². The number of carbonyl (C=O) groups is 1. The number of aromatic nitrogens is 4. The molecule has 1 amide bonds. The highest BCUT2D eigenvalue weighted by atomic mass is 16.3. The smallest absolute Gasteiger partial charge is 0.333 e. The predicted octanol–water partition coefficient (Wildman–Crippen LogP) is 1.36. The van der Waals surface area contributed by atoms with Gasteiger partial charge in [-0.15, -0.1) is 0 Å². The van der Waals surface area contributed by atoms with E-state index in [9.17, 15) is 19.5 Å². The number of para-hydroxylation sites is 1. The largest absolute Gasteiger partial charge is 0.508 e. The third-order valence-electron chi connectivity index (χ3n) is 4.01. The summed E-state index contributed by atoms with van der Waals surface area (Å²) in [6.45, 7) is 0. The molecule has 4 N–H and O–H groups in total. The molecule has 9 nitrogen and oxygen atoms in total. The van der Waals surface area contributed by atoms with Crippen molar-refractivity contribution in [2.75, 3.05) is 5.32 Å². The van der Waals surface area contributed by atoms with Crippen LogP contribution in [0.15, 0.2) is 64.3 Å². The van der Waals surface area contributed by atoms with Gasteiger partial charge in [-0.05, 0) is 24.3 Å². The second-order valence-electron chi connectivity index (χ2n) is 5.74. The van der Waals surface area contributed by atoms with Crippen LogP contribution in [0.3, 0.4) is 0 Å². The number of phenols is 1. The van der Waals surface area contributed by atoms with E-state index in [1.165, 1.54) is 12.1 Å². The van der Waals surface area contributed by atoms with Gasteiger partial charge in [-0.3, -0.25) is 14.7 Å². The number of nitrogens with one attached hydrogen (secondary N) is 3. The van der Waals surface area contributed by atoms with E-state index >= 15 is 0 Å². The van der Waals surface area contributed by atoms with E-state index in [0.717, 1.165) is 10.8 Å². The van der Waals surface area contributed by atoms with Crippen LogP contribution < -0.4 is 16.6 Å². The highest BCUT2D eigenvalue weighted by Crippen LogP contribution is 2.24. The zero-order valence-corrected chi connectivity index (χ0v) is 13.8. The molecule has 4 aromatic rings. The number of hydrogen-bond donors (Lipinski definition) is 4. The summed E-state index contributed by atoms with van der Waals surface area (Å²) < 4.78 is 0.885. The zero-order valence-electron chi connectivity index (χ0n) is 13.8. The quantitative estimate of drug-likeness (QED) is 0.436. The molecule has 0 aliphatic carbocycles. The van der Waals surface area contributed by atoms with Crippen molar-refractivity contribution in [1.29, 1.82) is 0 Å². The molecule has 9 heteroatoms. The van der Waals surface area contributed by atoms with Gasteiger partial charge in [0.05, 0.1) is 11.2 Å². The van der Waals surface area contributed by atoms with Gasteiger partial charge in [0.1, 0.15) is 11.3 Å². The third kappa shape index (κ3) is 2.86. The van der Waals surface area contributed by atoms with Gasteiger partial charge in [-0.25, -0.2) is 9.36 Å². The van der Waals surface area contributed by atoms with Crippen LogP contribution in [0.5, 0.6) is 5.75 Å². The van der Waals surface area contributed by atoms with Gasteiger partial charge in [0.25, 0.3) is 11.5 Å². The van der Waals surface area contributed by atoms with Crippen molar-refractivity contribution in [2.45, 2.75) is 0 Å². The number of amides is 1. The van der Waals surface area contributed by atoms with E-state index in [4.69, 9.17) is 0 Å². The number of benzene rings is 2. The van der Waals surface area contributed by atoms with Gasteiger partial charge in [0.2, 0.25) is 0 Å². The van der Waals surface area contributed by atoms with E-state index in [1.54, 1.807) is 36.4 Å². The summed E-state index contributed by atoms with van der Waals surface area (Å²) in [7, 11) is 0. The van der Waals surface area contributed by atoms with Crippen molar-refractivity contribution >= 4 is 22.6 Å². The lowest BCUT2D eigenvalue weighted by Crippen LogP contribution is -2.38. The first-order chi connectivity index (χ1) is 13.0. The molecule has 0 bridgehead atoms. The summed E-state index contributed by atoms with van der Waals surface area (Å²) in [5.41, 5.74) is -0.774. The average molecular weight is 363 g/mol. The van der Waals surface area contributed by atoms with Crippen LogP contribution in [-0.2, 0) is 0 Å². The van der Waals surface area contributed by atoms with Crippen molar-refractivity contribution < 1.29 is 9.90 Å². The third-order valence-corrected chi connectivity index (χ3v) is 4.01. The summed E-state index contributed by atoms with van der Waals surface area (Å²) in [5, 5.41) is 19.3. The summed E-state index contributed by atoms with van der Waals surface area (Å²) in [5.74, 6) is -0.468. The number of aromatic amines is 2. The molecule has 134 valence electrons. The molecule has 27 heavy (non-hydrogen) atoms. The maximum Gasteiger partial charge on any atom is 0.333 e. The van der Waals surface area contributed by atoms with E-state index < -0.39 is 17.2 Å². The molecule has 0 radical (unpaired) electrons. The minimum absolute atomic E-state index is 0.0513. The summed E-state index contributed by atoms with van der Waals surface area (Å²) >= 11 is 0. The van der Waals surface area contributed by atoms with Crippen LogP contribution in [0.4, 0.5) is 5.82 Å². The second kappa shape index (κ2) is 6.30. The Balaban J connectivity index is 1.74. The minimum atomic E-state index is -0.750. The van der Waals surface area contributed by atoms with Crippen molar-refractivity contribution in [1.82, 2.24) is 19.7 Å². The molecule has 0 aliphatic heterocycles. The molecular weight excluding hydrogens is 350 g/mol. The standard InChI is InChI=1S/C18H13N5O4/c24-11-6-7-12-14(8-11)21-22-15(12)20-16(25)13-9-19-18(27)23(17(13)26)10-4-2-1-3-5-10/h1-9,24H,(H,19,27)(H2,20,21,22,25). The highest BCUT2D eigenvalue weighted by Gasteiger charge is 2.18. The Hall–Kier alpha value is -4.14. The van der Waals surface area contributed by atoms with Gasteiger partial charge in [0, 0.05) is 17.6 Å². The van der Waals surface area contributed by atoms with Crippen molar-refractivity contribution in [2.24, 2.45) is 0 Å². The number of fused-ring (bicyclic) bond motifs is 1. The number of anilines is 1. The lowest BCUT2D eigenvalue weighted by molar-refractivity contribution is 0.102.